The second-order valence-corrected chi connectivity index (χ2v) is 5.77. The van der Waals surface area contributed by atoms with E-state index < -0.39 is 0 Å². The molecule has 0 unspecified atom stereocenters. The van der Waals surface area contributed by atoms with Gasteiger partial charge >= 0.3 is 0 Å². The molecule has 1 amide bonds. The third-order valence-corrected chi connectivity index (χ3v) is 4.07. The smallest absolute Gasteiger partial charge is 0.268 e. The number of carbonyl (C=O) groups is 1. The van der Waals surface area contributed by atoms with Gasteiger partial charge in [0.2, 0.25) is 5.91 Å². The average molecular weight is 293 g/mol. The van der Waals surface area contributed by atoms with Crippen LogP contribution in [0.2, 0.25) is 0 Å². The van der Waals surface area contributed by atoms with E-state index in [9.17, 15) is 9.59 Å². The minimum absolute atomic E-state index is 0.0894. The molecule has 0 bridgehead atoms. The van der Waals surface area contributed by atoms with Crippen LogP contribution in [0.25, 0.3) is 10.2 Å². The van der Waals surface area contributed by atoms with E-state index in [0.29, 0.717) is 29.0 Å². The van der Waals surface area contributed by atoms with Crippen molar-refractivity contribution < 1.29 is 4.79 Å². The van der Waals surface area contributed by atoms with Crippen LogP contribution < -0.4 is 5.56 Å². The van der Waals surface area contributed by atoms with Crippen molar-refractivity contribution in [2.24, 2.45) is 0 Å². The maximum atomic E-state index is 11.9. The van der Waals surface area contributed by atoms with E-state index in [0.717, 1.165) is 19.3 Å². The zero-order valence-electron chi connectivity index (χ0n) is 11.8. The van der Waals surface area contributed by atoms with Crippen LogP contribution in [0.1, 0.15) is 38.4 Å². The Hall–Kier alpha value is -1.69. The van der Waals surface area contributed by atoms with Crippen molar-refractivity contribution in [2.75, 3.05) is 7.05 Å². The van der Waals surface area contributed by atoms with Crippen molar-refractivity contribution >= 4 is 27.5 Å². The molecular weight excluding hydrogens is 274 g/mol. The first-order valence-corrected chi connectivity index (χ1v) is 7.70. The molecule has 0 aliphatic rings. The summed E-state index contributed by atoms with van der Waals surface area (Å²) in [7, 11) is 1.74. The van der Waals surface area contributed by atoms with E-state index in [1.165, 1.54) is 11.3 Å². The monoisotopic (exact) mass is 293 g/mol. The zero-order valence-corrected chi connectivity index (χ0v) is 12.6. The molecule has 108 valence electrons. The number of H-pyrrole nitrogens is 1. The first kappa shape index (κ1) is 14.7. The summed E-state index contributed by atoms with van der Waals surface area (Å²) < 4.78 is 0.630. The number of aromatic nitrogens is 2. The van der Waals surface area contributed by atoms with Gasteiger partial charge < -0.3 is 9.88 Å². The summed E-state index contributed by atoms with van der Waals surface area (Å²) in [4.78, 5) is 32.5. The molecule has 1 N–H and O–H groups in total. The highest BCUT2D eigenvalue weighted by Crippen LogP contribution is 2.14. The van der Waals surface area contributed by atoms with Gasteiger partial charge in [-0.1, -0.05) is 19.8 Å². The number of unbranched alkanes of at least 4 members (excludes halogenated alkanes) is 2. The quantitative estimate of drug-likeness (QED) is 0.832. The Kier molecular flexibility index (Phi) is 4.89. The Balaban J connectivity index is 2.03. The molecule has 2 aromatic heterocycles. The minimum Gasteiger partial charge on any atom is -0.338 e. The van der Waals surface area contributed by atoms with Crippen molar-refractivity contribution in [3.05, 3.63) is 27.6 Å². The number of thiophene rings is 1. The number of rotatable bonds is 6. The van der Waals surface area contributed by atoms with Crippen molar-refractivity contribution in [1.82, 2.24) is 14.9 Å². The molecule has 0 spiro atoms. The molecule has 0 fully saturated rings. The van der Waals surface area contributed by atoms with Crippen LogP contribution in [0.5, 0.6) is 0 Å². The van der Waals surface area contributed by atoms with Crippen LogP contribution in [0.3, 0.4) is 0 Å². The lowest BCUT2D eigenvalue weighted by Gasteiger charge is -2.16. The topological polar surface area (TPSA) is 66.1 Å². The van der Waals surface area contributed by atoms with Gasteiger partial charge in [0.15, 0.2) is 0 Å². The van der Waals surface area contributed by atoms with Crippen molar-refractivity contribution in [1.29, 1.82) is 0 Å². The number of hydrogen-bond donors (Lipinski definition) is 1. The molecule has 2 rings (SSSR count). The molecule has 2 aromatic rings. The molecule has 0 aromatic carbocycles. The SMILES string of the molecule is CCCCCC(=O)N(C)Cc1nc2ccsc2c(=O)[nH]1. The van der Waals surface area contributed by atoms with Crippen molar-refractivity contribution in [2.45, 2.75) is 39.2 Å². The Morgan fingerprint density at radius 2 is 2.25 bits per heavy atom. The molecule has 0 atom stereocenters. The number of amides is 1. The number of nitrogens with zero attached hydrogens (tertiary/aromatic N) is 2. The largest absolute Gasteiger partial charge is 0.338 e. The molecule has 0 aliphatic carbocycles. The van der Waals surface area contributed by atoms with Crippen LogP contribution >= 0.6 is 11.3 Å². The second-order valence-electron chi connectivity index (χ2n) is 4.85. The molecular formula is C14H19N3O2S. The highest BCUT2D eigenvalue weighted by Gasteiger charge is 2.11. The third-order valence-electron chi connectivity index (χ3n) is 3.17. The van der Waals surface area contributed by atoms with Gasteiger partial charge in [0.25, 0.3) is 5.56 Å². The van der Waals surface area contributed by atoms with Gasteiger partial charge in [-0.05, 0) is 17.9 Å². The maximum absolute atomic E-state index is 11.9. The summed E-state index contributed by atoms with van der Waals surface area (Å²) in [6.07, 6.45) is 3.62. The van der Waals surface area contributed by atoms with Gasteiger partial charge in [-0.15, -0.1) is 11.3 Å². The molecule has 0 radical (unpaired) electrons. The van der Waals surface area contributed by atoms with Gasteiger partial charge in [-0.25, -0.2) is 4.98 Å². The lowest BCUT2D eigenvalue weighted by Crippen LogP contribution is -2.28. The number of hydrogen-bond acceptors (Lipinski definition) is 4. The lowest BCUT2D eigenvalue weighted by molar-refractivity contribution is -0.130. The fraction of sp³-hybridized carbons (Fsp3) is 0.500. The van der Waals surface area contributed by atoms with Crippen LogP contribution in [0.4, 0.5) is 0 Å². The predicted molar refractivity (Wildman–Crippen MR) is 80.9 cm³/mol. The maximum Gasteiger partial charge on any atom is 0.268 e. The predicted octanol–water partition coefficient (Wildman–Crippen LogP) is 2.52. The molecule has 5 nitrogen and oxygen atoms in total. The minimum atomic E-state index is -0.133. The lowest BCUT2D eigenvalue weighted by atomic mass is 10.2. The summed E-state index contributed by atoms with van der Waals surface area (Å²) in [5.74, 6) is 0.624. The normalized spacial score (nSPS) is 10.9. The standard InChI is InChI=1S/C14H19N3O2S/c1-3-4-5-6-12(18)17(2)9-11-15-10-7-8-20-13(10)14(19)16-11/h7-8H,3-6,9H2,1-2H3,(H,15,16,19). The second kappa shape index (κ2) is 6.65. The van der Waals surface area contributed by atoms with Gasteiger partial charge in [-0.2, -0.15) is 0 Å². The van der Waals surface area contributed by atoms with E-state index >= 15 is 0 Å². The summed E-state index contributed by atoms with van der Waals surface area (Å²) in [6.45, 7) is 2.45. The molecule has 0 saturated carbocycles. The van der Waals surface area contributed by atoms with E-state index in [1.807, 2.05) is 11.4 Å². The average Bonchev–Trinajstić information content (AvgIpc) is 2.87. The van der Waals surface area contributed by atoms with Crippen LogP contribution in [-0.2, 0) is 11.3 Å². The van der Waals surface area contributed by atoms with Crippen molar-refractivity contribution in [3.63, 3.8) is 0 Å². The Morgan fingerprint density at radius 3 is 3.00 bits per heavy atom. The van der Waals surface area contributed by atoms with Crippen LogP contribution in [0, 0.1) is 0 Å². The van der Waals surface area contributed by atoms with E-state index in [1.54, 1.807) is 11.9 Å². The van der Waals surface area contributed by atoms with E-state index in [4.69, 9.17) is 0 Å². The summed E-state index contributed by atoms with van der Waals surface area (Å²) in [6, 6.07) is 1.82. The number of nitrogens with one attached hydrogen (secondary N) is 1. The van der Waals surface area contributed by atoms with Gasteiger partial charge in [0.05, 0.1) is 12.1 Å². The van der Waals surface area contributed by atoms with Gasteiger partial charge in [0, 0.05) is 13.5 Å². The van der Waals surface area contributed by atoms with Crippen LogP contribution in [-0.4, -0.2) is 27.8 Å². The molecule has 2 heterocycles. The molecule has 0 aliphatic heterocycles. The number of fused-ring (bicyclic) bond motifs is 1. The Morgan fingerprint density at radius 1 is 1.45 bits per heavy atom. The first-order chi connectivity index (χ1) is 9.61. The zero-order chi connectivity index (χ0) is 14.5. The van der Waals surface area contributed by atoms with Crippen molar-refractivity contribution in [3.8, 4) is 0 Å². The van der Waals surface area contributed by atoms with Gasteiger partial charge in [0.1, 0.15) is 10.5 Å². The number of aromatic amines is 1. The van der Waals surface area contributed by atoms with Crippen LogP contribution in [0.15, 0.2) is 16.2 Å². The molecule has 6 heteroatoms. The summed E-state index contributed by atoms with van der Waals surface area (Å²) >= 11 is 1.37. The summed E-state index contributed by atoms with van der Waals surface area (Å²) in [5.41, 5.74) is 0.562. The summed E-state index contributed by atoms with van der Waals surface area (Å²) in [5, 5.41) is 1.84. The third kappa shape index (κ3) is 3.45. The van der Waals surface area contributed by atoms with E-state index in [-0.39, 0.29) is 11.5 Å². The fourth-order valence-electron chi connectivity index (χ4n) is 2.03. The molecule has 0 saturated heterocycles. The van der Waals surface area contributed by atoms with E-state index in [2.05, 4.69) is 16.9 Å². The first-order valence-electron chi connectivity index (χ1n) is 6.82. The Labute approximate surface area is 121 Å². The Bertz CT molecular complexity index is 647. The fourth-order valence-corrected chi connectivity index (χ4v) is 2.75. The molecule has 20 heavy (non-hydrogen) atoms. The highest BCUT2D eigenvalue weighted by atomic mass is 32.1. The number of carbonyl (C=O) groups excluding carboxylic acids is 1. The van der Waals surface area contributed by atoms with Gasteiger partial charge in [-0.3, -0.25) is 9.59 Å². The highest BCUT2D eigenvalue weighted by molar-refractivity contribution is 7.17.